The van der Waals surface area contributed by atoms with Crippen LogP contribution in [-0.2, 0) is 9.53 Å². The van der Waals surface area contributed by atoms with Gasteiger partial charge < -0.3 is 4.74 Å². The van der Waals surface area contributed by atoms with Crippen LogP contribution in [0.4, 0.5) is 5.69 Å². The van der Waals surface area contributed by atoms with Crippen LogP contribution < -0.4 is 0 Å². The van der Waals surface area contributed by atoms with Crippen LogP contribution in [0.25, 0.3) is 10.4 Å². The van der Waals surface area contributed by atoms with Gasteiger partial charge in [-0.1, -0.05) is 35.3 Å². The molecule has 0 N–H and O–H groups in total. The third kappa shape index (κ3) is 3.56. The molecule has 1 atom stereocenters. The highest BCUT2D eigenvalue weighted by atomic mass is 16.5. The van der Waals surface area contributed by atoms with Gasteiger partial charge in [-0.2, -0.15) is 0 Å². The molecular weight excluding hydrogens is 218 g/mol. The van der Waals surface area contributed by atoms with Gasteiger partial charge in [0.25, 0.3) is 0 Å². The van der Waals surface area contributed by atoms with Crippen LogP contribution in [0, 0.1) is 11.8 Å². The second-order valence-corrected chi connectivity index (χ2v) is 3.13. The van der Waals surface area contributed by atoms with Crippen molar-refractivity contribution in [3.05, 3.63) is 40.3 Å². The normalized spacial score (nSPS) is 10.5. The van der Waals surface area contributed by atoms with Crippen LogP contribution in [0.3, 0.4) is 0 Å². The van der Waals surface area contributed by atoms with Gasteiger partial charge in [0.1, 0.15) is 0 Å². The lowest BCUT2D eigenvalue weighted by Crippen LogP contribution is -2.06. The second-order valence-electron chi connectivity index (χ2n) is 3.13. The molecule has 0 aliphatic rings. The summed E-state index contributed by atoms with van der Waals surface area (Å²) in [6, 6.07) is 6.85. The maximum absolute atomic E-state index is 11.0. The molecule has 1 aromatic carbocycles. The molecule has 1 rings (SSSR count). The van der Waals surface area contributed by atoms with E-state index in [0.29, 0.717) is 11.3 Å². The van der Waals surface area contributed by atoms with Crippen molar-refractivity contribution in [3.8, 4) is 11.8 Å². The first-order chi connectivity index (χ1) is 8.19. The van der Waals surface area contributed by atoms with Gasteiger partial charge in [0, 0.05) is 23.1 Å². The number of esters is 1. The molecule has 1 aromatic rings. The topological polar surface area (TPSA) is 75.1 Å². The van der Waals surface area contributed by atoms with Gasteiger partial charge in [-0.3, -0.25) is 4.79 Å². The van der Waals surface area contributed by atoms with Crippen molar-refractivity contribution < 1.29 is 9.53 Å². The summed E-state index contributed by atoms with van der Waals surface area (Å²) in [5, 5.41) is 3.54. The Morgan fingerprint density at radius 1 is 1.53 bits per heavy atom. The molecule has 0 radical (unpaired) electrons. The highest BCUT2D eigenvalue weighted by molar-refractivity contribution is 5.67. The number of hydrogen-bond donors (Lipinski definition) is 0. The van der Waals surface area contributed by atoms with Gasteiger partial charge in [-0.15, -0.1) is 5.92 Å². The second kappa shape index (κ2) is 6.21. The van der Waals surface area contributed by atoms with E-state index in [4.69, 9.17) is 10.3 Å². The first-order valence-electron chi connectivity index (χ1n) is 4.92. The van der Waals surface area contributed by atoms with E-state index >= 15 is 0 Å². The molecule has 0 aliphatic carbocycles. The van der Waals surface area contributed by atoms with E-state index in [1.807, 2.05) is 0 Å². The van der Waals surface area contributed by atoms with E-state index in [9.17, 15) is 4.79 Å². The van der Waals surface area contributed by atoms with E-state index in [1.165, 1.54) is 6.92 Å². The Labute approximate surface area is 99.0 Å². The molecule has 0 heterocycles. The molecule has 5 nitrogen and oxygen atoms in total. The zero-order valence-electron chi connectivity index (χ0n) is 9.54. The summed E-state index contributed by atoms with van der Waals surface area (Å²) in [4.78, 5) is 13.7. The van der Waals surface area contributed by atoms with Crippen molar-refractivity contribution in [2.75, 3.05) is 0 Å². The fourth-order valence-electron chi connectivity index (χ4n) is 1.32. The van der Waals surface area contributed by atoms with Gasteiger partial charge in [-0.05, 0) is 12.5 Å². The van der Waals surface area contributed by atoms with Crippen LogP contribution in [0.1, 0.15) is 25.5 Å². The standard InChI is InChI=1S/C12H11N3O2/c1-3-6-12(17-9(2)16)10-7-4-5-8-11(10)14-15-13/h4-5,7-8,12H,1-2H3. The molecule has 0 aromatic heterocycles. The molecule has 17 heavy (non-hydrogen) atoms. The minimum Gasteiger partial charge on any atom is -0.444 e. The predicted molar refractivity (Wildman–Crippen MR) is 63.2 cm³/mol. The van der Waals surface area contributed by atoms with E-state index < -0.39 is 12.1 Å². The number of hydrogen-bond acceptors (Lipinski definition) is 3. The molecule has 0 bridgehead atoms. The summed E-state index contributed by atoms with van der Waals surface area (Å²) in [7, 11) is 0. The Morgan fingerprint density at radius 3 is 2.82 bits per heavy atom. The molecule has 1 unspecified atom stereocenters. The number of ether oxygens (including phenoxy) is 1. The molecule has 86 valence electrons. The highest BCUT2D eigenvalue weighted by Gasteiger charge is 2.14. The van der Waals surface area contributed by atoms with E-state index in [-0.39, 0.29) is 0 Å². The number of carbonyl (C=O) groups excluding carboxylic acids is 1. The number of carbonyl (C=O) groups is 1. The summed E-state index contributed by atoms with van der Waals surface area (Å²) >= 11 is 0. The molecule has 0 amide bonds. The van der Waals surface area contributed by atoms with Crippen LogP contribution in [0.2, 0.25) is 0 Å². The first-order valence-corrected chi connectivity index (χ1v) is 4.92. The Bertz CT molecular complexity index is 522. The summed E-state index contributed by atoms with van der Waals surface area (Å²) < 4.78 is 5.07. The quantitative estimate of drug-likeness (QED) is 0.262. The van der Waals surface area contributed by atoms with Crippen molar-refractivity contribution in [2.24, 2.45) is 5.11 Å². The average Bonchev–Trinajstić information content (AvgIpc) is 2.29. The number of nitrogens with zero attached hydrogens (tertiary/aromatic N) is 3. The monoisotopic (exact) mass is 229 g/mol. The van der Waals surface area contributed by atoms with Gasteiger partial charge in [0.05, 0.1) is 0 Å². The van der Waals surface area contributed by atoms with Gasteiger partial charge in [0.15, 0.2) is 6.10 Å². The Hall–Kier alpha value is -2.44. The largest absolute Gasteiger partial charge is 0.444 e. The molecule has 0 saturated carbocycles. The minimum atomic E-state index is -0.709. The SMILES string of the molecule is CC#CC(OC(C)=O)c1ccccc1N=[N+]=[N-]. The average molecular weight is 229 g/mol. The van der Waals surface area contributed by atoms with Gasteiger partial charge in [0.2, 0.25) is 0 Å². The number of rotatable bonds is 3. The zero-order chi connectivity index (χ0) is 12.7. The minimum absolute atomic E-state index is 0.406. The number of azide groups is 1. The Balaban J connectivity index is 3.20. The van der Waals surface area contributed by atoms with Crippen molar-refractivity contribution in [2.45, 2.75) is 20.0 Å². The molecule has 5 heteroatoms. The molecule has 0 saturated heterocycles. The van der Waals surface area contributed by atoms with Crippen LogP contribution in [0.5, 0.6) is 0 Å². The summed E-state index contributed by atoms with van der Waals surface area (Å²) in [6.07, 6.45) is -0.709. The first kappa shape index (κ1) is 12.6. The van der Waals surface area contributed by atoms with Crippen molar-refractivity contribution in [1.82, 2.24) is 0 Å². The lowest BCUT2D eigenvalue weighted by atomic mass is 10.1. The van der Waals surface area contributed by atoms with Gasteiger partial charge in [-0.25, -0.2) is 0 Å². The molecular formula is C12H11N3O2. The van der Waals surface area contributed by atoms with Crippen LogP contribution >= 0.6 is 0 Å². The Morgan fingerprint density at radius 2 is 2.24 bits per heavy atom. The maximum atomic E-state index is 11.0. The third-order valence-corrected chi connectivity index (χ3v) is 1.93. The van der Waals surface area contributed by atoms with E-state index in [0.717, 1.165) is 0 Å². The van der Waals surface area contributed by atoms with E-state index in [2.05, 4.69) is 21.9 Å². The van der Waals surface area contributed by atoms with Crippen molar-refractivity contribution in [3.63, 3.8) is 0 Å². The molecule has 0 spiro atoms. The predicted octanol–water partition coefficient (Wildman–Crippen LogP) is 3.26. The lowest BCUT2D eigenvalue weighted by molar-refractivity contribution is -0.144. The molecule has 0 aliphatic heterocycles. The Kier molecular flexibility index (Phi) is 4.61. The smallest absolute Gasteiger partial charge is 0.304 e. The third-order valence-electron chi connectivity index (χ3n) is 1.93. The maximum Gasteiger partial charge on any atom is 0.304 e. The van der Waals surface area contributed by atoms with Crippen molar-refractivity contribution in [1.29, 1.82) is 0 Å². The van der Waals surface area contributed by atoms with Crippen LogP contribution in [0.15, 0.2) is 29.4 Å². The summed E-state index contributed by atoms with van der Waals surface area (Å²) in [5.74, 6) is 5.00. The highest BCUT2D eigenvalue weighted by Crippen LogP contribution is 2.27. The zero-order valence-corrected chi connectivity index (χ0v) is 9.54. The summed E-state index contributed by atoms with van der Waals surface area (Å²) in [5.41, 5.74) is 9.44. The van der Waals surface area contributed by atoms with E-state index in [1.54, 1.807) is 31.2 Å². The fraction of sp³-hybridized carbons (Fsp3) is 0.250. The fourth-order valence-corrected chi connectivity index (χ4v) is 1.32. The van der Waals surface area contributed by atoms with Gasteiger partial charge >= 0.3 is 5.97 Å². The molecule has 0 fully saturated rings. The number of benzene rings is 1. The lowest BCUT2D eigenvalue weighted by Gasteiger charge is -2.13. The van der Waals surface area contributed by atoms with Crippen molar-refractivity contribution >= 4 is 11.7 Å². The van der Waals surface area contributed by atoms with Crippen LogP contribution in [-0.4, -0.2) is 5.97 Å². The summed E-state index contributed by atoms with van der Waals surface area (Å²) in [6.45, 7) is 2.95.